The van der Waals surface area contributed by atoms with E-state index in [0.29, 0.717) is 13.0 Å². The normalized spacial score (nSPS) is 12.6. The first-order valence-corrected chi connectivity index (χ1v) is 4.71. The summed E-state index contributed by atoms with van der Waals surface area (Å²) in [5.74, 6) is 0. The van der Waals surface area contributed by atoms with Crippen LogP contribution in [0.5, 0.6) is 0 Å². The third kappa shape index (κ3) is 4.93. The maximum atomic E-state index is 9.90. The molecule has 1 atom stereocenters. The van der Waals surface area contributed by atoms with Crippen molar-refractivity contribution in [2.45, 2.75) is 19.6 Å². The molecule has 0 spiro atoms. The molecule has 4 heteroatoms. The van der Waals surface area contributed by atoms with Crippen LogP contribution in [0.15, 0.2) is 35.4 Å². The number of rotatable bonds is 6. The molecular formula is C11H14N2O2. The zero-order valence-corrected chi connectivity index (χ0v) is 8.59. The molecule has 0 unspecified atom stereocenters. The molecule has 0 aliphatic rings. The van der Waals surface area contributed by atoms with Crippen LogP contribution >= 0.6 is 0 Å². The minimum absolute atomic E-state index is 0.127. The van der Waals surface area contributed by atoms with E-state index in [4.69, 9.17) is 4.74 Å². The molecule has 15 heavy (non-hydrogen) atoms. The summed E-state index contributed by atoms with van der Waals surface area (Å²) in [6.07, 6.45) is 1.93. The fourth-order valence-electron chi connectivity index (χ4n) is 1.02. The predicted octanol–water partition coefficient (Wildman–Crippen LogP) is 1.32. The molecule has 0 aliphatic carbocycles. The first kappa shape index (κ1) is 11.4. The highest BCUT2D eigenvalue weighted by molar-refractivity contribution is 5.63. The van der Waals surface area contributed by atoms with Gasteiger partial charge in [0, 0.05) is 0 Å². The quantitative estimate of drug-likeness (QED) is 0.433. The molecule has 1 amide bonds. The number of amides is 1. The van der Waals surface area contributed by atoms with E-state index in [1.54, 1.807) is 0 Å². The van der Waals surface area contributed by atoms with E-state index in [1.807, 2.05) is 37.3 Å². The lowest BCUT2D eigenvalue weighted by Crippen LogP contribution is -2.12. The third-order valence-corrected chi connectivity index (χ3v) is 1.77. The third-order valence-electron chi connectivity index (χ3n) is 1.77. The highest BCUT2D eigenvalue weighted by Crippen LogP contribution is 2.01. The van der Waals surface area contributed by atoms with Gasteiger partial charge in [0.05, 0.1) is 18.9 Å². The summed E-state index contributed by atoms with van der Waals surface area (Å²) in [5, 5.41) is 3.63. The van der Waals surface area contributed by atoms with Crippen LogP contribution in [0.2, 0.25) is 0 Å². The van der Waals surface area contributed by atoms with Crippen LogP contribution in [0.1, 0.15) is 12.5 Å². The largest absolute Gasteiger partial charge is 0.368 e. The van der Waals surface area contributed by atoms with Crippen molar-refractivity contribution in [3.05, 3.63) is 35.9 Å². The number of benzene rings is 1. The molecule has 0 heterocycles. The lowest BCUT2D eigenvalue weighted by molar-refractivity contribution is -0.109. The van der Waals surface area contributed by atoms with E-state index in [9.17, 15) is 4.79 Å². The summed E-state index contributed by atoms with van der Waals surface area (Å²) in [6, 6.07) is 9.88. The van der Waals surface area contributed by atoms with Gasteiger partial charge in [-0.05, 0) is 12.5 Å². The van der Waals surface area contributed by atoms with Crippen LogP contribution in [-0.2, 0) is 16.1 Å². The summed E-state index contributed by atoms with van der Waals surface area (Å²) >= 11 is 0. The summed E-state index contributed by atoms with van der Waals surface area (Å²) < 4.78 is 5.47. The maximum Gasteiger partial charge on any atom is 0.227 e. The van der Waals surface area contributed by atoms with Gasteiger partial charge in [0.15, 0.2) is 0 Å². The van der Waals surface area contributed by atoms with E-state index in [1.165, 1.54) is 6.21 Å². The van der Waals surface area contributed by atoms with Crippen molar-refractivity contribution in [1.29, 1.82) is 0 Å². The fraction of sp³-hybridized carbons (Fsp3) is 0.273. The molecule has 1 aromatic rings. The Labute approximate surface area is 88.9 Å². The summed E-state index contributed by atoms with van der Waals surface area (Å²) in [6.45, 7) is 2.40. The molecule has 0 saturated carbocycles. The summed E-state index contributed by atoms with van der Waals surface area (Å²) in [4.78, 5) is 9.90. The first-order valence-electron chi connectivity index (χ1n) is 4.71. The maximum absolute atomic E-state index is 9.90. The van der Waals surface area contributed by atoms with Crippen LogP contribution in [0, 0.1) is 0 Å². The SMILES string of the molecule is C[C@@H](C=NNC=O)OCc1ccccc1. The summed E-state index contributed by atoms with van der Waals surface area (Å²) in [7, 11) is 0. The van der Waals surface area contributed by atoms with Crippen LogP contribution in [0.4, 0.5) is 0 Å². The predicted molar refractivity (Wildman–Crippen MR) is 58.4 cm³/mol. The Balaban J connectivity index is 2.28. The Kier molecular flexibility index (Phi) is 5.11. The van der Waals surface area contributed by atoms with Gasteiger partial charge in [-0.2, -0.15) is 5.10 Å². The Hall–Kier alpha value is -1.68. The van der Waals surface area contributed by atoms with Gasteiger partial charge in [-0.15, -0.1) is 0 Å². The van der Waals surface area contributed by atoms with Gasteiger partial charge in [-0.25, -0.2) is 5.43 Å². The van der Waals surface area contributed by atoms with E-state index >= 15 is 0 Å². The van der Waals surface area contributed by atoms with Gasteiger partial charge in [0.2, 0.25) is 6.41 Å². The number of carbonyl (C=O) groups excluding carboxylic acids is 1. The second kappa shape index (κ2) is 6.73. The van der Waals surface area contributed by atoms with Crippen molar-refractivity contribution in [2.24, 2.45) is 5.10 Å². The van der Waals surface area contributed by atoms with E-state index in [0.717, 1.165) is 5.56 Å². The lowest BCUT2D eigenvalue weighted by atomic mass is 10.2. The monoisotopic (exact) mass is 206 g/mol. The Morgan fingerprint density at radius 2 is 2.20 bits per heavy atom. The number of hydrogen-bond acceptors (Lipinski definition) is 3. The average Bonchev–Trinajstić information content (AvgIpc) is 2.28. The molecule has 0 aromatic heterocycles. The molecule has 1 aromatic carbocycles. The standard InChI is InChI=1S/C11H14N2O2/c1-10(7-12-13-9-14)15-8-11-5-3-2-4-6-11/h2-7,9-10H,8H2,1H3,(H,13,14)/t10-/m0/s1. The topological polar surface area (TPSA) is 50.7 Å². The van der Waals surface area contributed by atoms with Gasteiger partial charge in [0.25, 0.3) is 0 Å². The van der Waals surface area contributed by atoms with E-state index in [-0.39, 0.29) is 6.10 Å². The molecule has 0 radical (unpaired) electrons. The number of ether oxygens (including phenoxy) is 1. The van der Waals surface area contributed by atoms with Crippen molar-refractivity contribution in [3.63, 3.8) is 0 Å². The van der Waals surface area contributed by atoms with Crippen LogP contribution < -0.4 is 5.43 Å². The highest BCUT2D eigenvalue weighted by Gasteiger charge is 1.98. The van der Waals surface area contributed by atoms with Gasteiger partial charge < -0.3 is 4.74 Å². The van der Waals surface area contributed by atoms with Crippen LogP contribution in [0.3, 0.4) is 0 Å². The molecule has 1 rings (SSSR count). The van der Waals surface area contributed by atoms with Gasteiger partial charge >= 0.3 is 0 Å². The molecule has 0 bridgehead atoms. The van der Waals surface area contributed by atoms with Crippen molar-refractivity contribution in [3.8, 4) is 0 Å². The van der Waals surface area contributed by atoms with Crippen molar-refractivity contribution in [1.82, 2.24) is 5.43 Å². The fourth-order valence-corrected chi connectivity index (χ4v) is 1.02. The van der Waals surface area contributed by atoms with Gasteiger partial charge in [-0.1, -0.05) is 30.3 Å². The number of hydrazone groups is 1. The zero-order valence-electron chi connectivity index (χ0n) is 8.59. The van der Waals surface area contributed by atoms with Crippen LogP contribution in [0.25, 0.3) is 0 Å². The van der Waals surface area contributed by atoms with Crippen LogP contribution in [-0.4, -0.2) is 18.7 Å². The molecule has 0 fully saturated rings. The molecular weight excluding hydrogens is 192 g/mol. The summed E-state index contributed by atoms with van der Waals surface area (Å²) in [5.41, 5.74) is 3.30. The molecule has 0 aliphatic heterocycles. The second-order valence-corrected chi connectivity index (χ2v) is 3.03. The average molecular weight is 206 g/mol. The highest BCUT2D eigenvalue weighted by atomic mass is 16.5. The zero-order chi connectivity index (χ0) is 10.9. The second-order valence-electron chi connectivity index (χ2n) is 3.03. The Morgan fingerprint density at radius 1 is 1.47 bits per heavy atom. The van der Waals surface area contributed by atoms with Crippen molar-refractivity contribution < 1.29 is 9.53 Å². The minimum Gasteiger partial charge on any atom is -0.368 e. The Morgan fingerprint density at radius 3 is 2.87 bits per heavy atom. The van der Waals surface area contributed by atoms with Gasteiger partial charge in [-0.3, -0.25) is 4.79 Å². The molecule has 0 saturated heterocycles. The number of nitrogens with one attached hydrogen (secondary N) is 1. The molecule has 4 nitrogen and oxygen atoms in total. The lowest BCUT2D eigenvalue weighted by Gasteiger charge is -2.07. The number of nitrogens with zero attached hydrogens (tertiary/aromatic N) is 1. The first-order chi connectivity index (χ1) is 7.33. The van der Waals surface area contributed by atoms with E-state index in [2.05, 4.69) is 10.5 Å². The van der Waals surface area contributed by atoms with Gasteiger partial charge in [0.1, 0.15) is 0 Å². The molecule has 1 N–H and O–H groups in total. The molecule has 80 valence electrons. The van der Waals surface area contributed by atoms with E-state index < -0.39 is 0 Å². The van der Waals surface area contributed by atoms with Crippen molar-refractivity contribution in [2.75, 3.05) is 0 Å². The number of carbonyl (C=O) groups is 1. The Bertz CT molecular complexity index is 312. The minimum atomic E-state index is -0.127. The van der Waals surface area contributed by atoms with Crippen molar-refractivity contribution >= 4 is 12.6 Å². The smallest absolute Gasteiger partial charge is 0.227 e. The number of hydrogen-bond donors (Lipinski definition) is 1.